The van der Waals surface area contributed by atoms with E-state index in [4.69, 9.17) is 9.72 Å². The van der Waals surface area contributed by atoms with Crippen molar-refractivity contribution in [3.05, 3.63) is 23.3 Å². The highest BCUT2D eigenvalue weighted by molar-refractivity contribution is 5.92. The van der Waals surface area contributed by atoms with E-state index in [1.54, 1.807) is 7.11 Å². The fourth-order valence-corrected chi connectivity index (χ4v) is 3.03. The van der Waals surface area contributed by atoms with Crippen molar-refractivity contribution in [3.8, 4) is 0 Å². The van der Waals surface area contributed by atoms with Gasteiger partial charge in [0, 0.05) is 25.9 Å². The summed E-state index contributed by atoms with van der Waals surface area (Å²) < 4.78 is 5.33. The van der Waals surface area contributed by atoms with E-state index in [0.717, 1.165) is 47.0 Å². The Hall–Kier alpha value is -1.75. The zero-order valence-electron chi connectivity index (χ0n) is 13.0. The topological polar surface area (TPSA) is 51.1 Å². The monoisotopic (exact) mass is 286 g/mol. The van der Waals surface area contributed by atoms with Crippen LogP contribution in [-0.4, -0.2) is 35.2 Å². The Labute approximate surface area is 125 Å². The summed E-state index contributed by atoms with van der Waals surface area (Å²) in [5.74, 6) is 1.84. The van der Waals surface area contributed by atoms with E-state index < -0.39 is 0 Å². The normalized spacial score (nSPS) is 15.7. The molecule has 5 nitrogen and oxygen atoms in total. The number of methoxy groups -OCH3 is 1. The molecule has 1 fully saturated rings. The van der Waals surface area contributed by atoms with Crippen LogP contribution >= 0.6 is 0 Å². The van der Waals surface area contributed by atoms with E-state index in [1.807, 2.05) is 19.9 Å². The van der Waals surface area contributed by atoms with Crippen molar-refractivity contribution < 1.29 is 4.74 Å². The lowest BCUT2D eigenvalue weighted by Crippen LogP contribution is -2.31. The van der Waals surface area contributed by atoms with Crippen molar-refractivity contribution in [2.75, 3.05) is 25.1 Å². The molecule has 0 aliphatic carbocycles. The van der Waals surface area contributed by atoms with Crippen LogP contribution in [0.3, 0.4) is 0 Å². The molecular formula is C16H22N4O. The predicted molar refractivity (Wildman–Crippen MR) is 83.6 cm³/mol. The molecular weight excluding hydrogens is 264 g/mol. The van der Waals surface area contributed by atoms with E-state index in [2.05, 4.69) is 14.9 Å². The van der Waals surface area contributed by atoms with Crippen LogP contribution in [0.15, 0.2) is 6.07 Å². The molecule has 2 aromatic heterocycles. The summed E-state index contributed by atoms with van der Waals surface area (Å²) in [6, 6.07) is 2.04. The highest BCUT2D eigenvalue weighted by atomic mass is 16.5. The van der Waals surface area contributed by atoms with Crippen molar-refractivity contribution in [2.45, 2.75) is 39.7 Å². The van der Waals surface area contributed by atoms with Gasteiger partial charge in [-0.25, -0.2) is 9.97 Å². The van der Waals surface area contributed by atoms with Gasteiger partial charge in [-0.15, -0.1) is 0 Å². The zero-order chi connectivity index (χ0) is 14.8. The number of hydrogen-bond donors (Lipinski definition) is 0. The van der Waals surface area contributed by atoms with Gasteiger partial charge in [-0.2, -0.15) is 0 Å². The Morgan fingerprint density at radius 3 is 2.57 bits per heavy atom. The van der Waals surface area contributed by atoms with Gasteiger partial charge in [0.25, 0.3) is 0 Å². The Bertz CT molecular complexity index is 645. The first kappa shape index (κ1) is 14.2. The van der Waals surface area contributed by atoms with Gasteiger partial charge in [-0.05, 0) is 39.2 Å². The van der Waals surface area contributed by atoms with Gasteiger partial charge in [0.1, 0.15) is 11.6 Å². The van der Waals surface area contributed by atoms with Gasteiger partial charge in [0.05, 0.1) is 23.2 Å². The molecule has 1 saturated heterocycles. The number of aryl methyl sites for hydroxylation is 2. The average molecular weight is 286 g/mol. The van der Waals surface area contributed by atoms with Crippen molar-refractivity contribution in [2.24, 2.45) is 0 Å². The summed E-state index contributed by atoms with van der Waals surface area (Å²) >= 11 is 0. The minimum Gasteiger partial charge on any atom is -0.378 e. The molecule has 5 heteroatoms. The third-order valence-corrected chi connectivity index (χ3v) is 3.91. The third kappa shape index (κ3) is 2.83. The second-order valence-electron chi connectivity index (χ2n) is 5.68. The number of hydrogen-bond acceptors (Lipinski definition) is 5. The summed E-state index contributed by atoms with van der Waals surface area (Å²) in [6.07, 6.45) is 3.76. The van der Waals surface area contributed by atoms with Crippen LogP contribution in [0.25, 0.3) is 10.9 Å². The maximum atomic E-state index is 5.33. The number of fused-ring (bicyclic) bond motifs is 1. The molecule has 0 aromatic carbocycles. The lowest BCUT2D eigenvalue weighted by molar-refractivity contribution is 0.182. The lowest BCUT2D eigenvalue weighted by Gasteiger charge is -2.29. The Morgan fingerprint density at radius 2 is 1.86 bits per heavy atom. The largest absolute Gasteiger partial charge is 0.378 e. The molecule has 0 spiro atoms. The van der Waals surface area contributed by atoms with Gasteiger partial charge in [0.15, 0.2) is 0 Å². The fourth-order valence-electron chi connectivity index (χ4n) is 3.03. The number of nitrogens with zero attached hydrogens (tertiary/aromatic N) is 4. The number of ether oxygens (including phenoxy) is 1. The van der Waals surface area contributed by atoms with Crippen LogP contribution in [-0.2, 0) is 11.3 Å². The Morgan fingerprint density at radius 1 is 1.10 bits per heavy atom. The van der Waals surface area contributed by atoms with Gasteiger partial charge >= 0.3 is 0 Å². The summed E-state index contributed by atoms with van der Waals surface area (Å²) in [6.45, 7) is 6.57. The van der Waals surface area contributed by atoms with Crippen molar-refractivity contribution >= 4 is 16.7 Å². The highest BCUT2D eigenvalue weighted by Gasteiger charge is 2.19. The lowest BCUT2D eigenvalue weighted by atomic mass is 10.1. The molecule has 0 bridgehead atoms. The average Bonchev–Trinajstić information content (AvgIpc) is 2.47. The predicted octanol–water partition coefficient (Wildman–Crippen LogP) is 2.78. The number of aromatic nitrogens is 3. The number of pyridine rings is 1. The van der Waals surface area contributed by atoms with E-state index in [9.17, 15) is 0 Å². The summed E-state index contributed by atoms with van der Waals surface area (Å²) in [5.41, 5.74) is 2.88. The minimum absolute atomic E-state index is 0.492. The molecule has 0 atom stereocenters. The van der Waals surface area contributed by atoms with Crippen LogP contribution in [0.1, 0.15) is 36.5 Å². The van der Waals surface area contributed by atoms with E-state index >= 15 is 0 Å². The van der Waals surface area contributed by atoms with Crippen LogP contribution in [0.5, 0.6) is 0 Å². The maximum absolute atomic E-state index is 5.33. The summed E-state index contributed by atoms with van der Waals surface area (Å²) in [5, 5.41) is 1.05. The van der Waals surface area contributed by atoms with Gasteiger partial charge < -0.3 is 9.64 Å². The molecule has 0 radical (unpaired) electrons. The first-order chi connectivity index (χ1) is 10.2. The number of anilines is 1. The molecule has 21 heavy (non-hydrogen) atoms. The van der Waals surface area contributed by atoms with Crippen LogP contribution in [0.2, 0.25) is 0 Å². The minimum atomic E-state index is 0.492. The molecule has 1 aliphatic rings. The molecule has 1 aliphatic heterocycles. The molecule has 0 amide bonds. The second-order valence-corrected chi connectivity index (χ2v) is 5.68. The van der Waals surface area contributed by atoms with Crippen LogP contribution in [0, 0.1) is 13.8 Å². The van der Waals surface area contributed by atoms with Crippen molar-refractivity contribution in [1.29, 1.82) is 0 Å². The first-order valence-electron chi connectivity index (χ1n) is 7.58. The molecule has 0 N–H and O–H groups in total. The molecule has 2 aromatic rings. The molecule has 112 valence electrons. The van der Waals surface area contributed by atoms with Gasteiger partial charge in [-0.1, -0.05) is 0 Å². The van der Waals surface area contributed by atoms with E-state index in [1.165, 1.54) is 19.3 Å². The summed E-state index contributed by atoms with van der Waals surface area (Å²) in [7, 11) is 1.70. The standard InChI is InChI=1S/C16H22N4O/c1-11-9-13-15(14(17-11)10-21-3)16(19-12(2)18-13)20-7-5-4-6-8-20/h9H,4-8,10H2,1-3H3. The molecule has 3 rings (SSSR count). The number of rotatable bonds is 3. The smallest absolute Gasteiger partial charge is 0.142 e. The van der Waals surface area contributed by atoms with Crippen molar-refractivity contribution in [3.63, 3.8) is 0 Å². The third-order valence-electron chi connectivity index (χ3n) is 3.91. The van der Waals surface area contributed by atoms with Gasteiger partial charge in [-0.3, -0.25) is 4.98 Å². The molecule has 3 heterocycles. The molecule has 0 unspecified atom stereocenters. The Balaban J connectivity index is 2.21. The zero-order valence-corrected chi connectivity index (χ0v) is 13.0. The van der Waals surface area contributed by atoms with E-state index in [-0.39, 0.29) is 0 Å². The van der Waals surface area contributed by atoms with Crippen LogP contribution in [0.4, 0.5) is 5.82 Å². The highest BCUT2D eigenvalue weighted by Crippen LogP contribution is 2.29. The van der Waals surface area contributed by atoms with Crippen molar-refractivity contribution in [1.82, 2.24) is 15.0 Å². The Kier molecular flexibility index (Phi) is 4.01. The quantitative estimate of drug-likeness (QED) is 0.868. The van der Waals surface area contributed by atoms with E-state index in [0.29, 0.717) is 6.61 Å². The van der Waals surface area contributed by atoms with Crippen LogP contribution < -0.4 is 4.90 Å². The van der Waals surface area contributed by atoms with Gasteiger partial charge in [0.2, 0.25) is 0 Å². The second kappa shape index (κ2) is 5.93. The number of piperidine rings is 1. The summed E-state index contributed by atoms with van der Waals surface area (Å²) in [4.78, 5) is 16.3. The molecule has 0 saturated carbocycles. The SMILES string of the molecule is COCc1nc(C)cc2nc(C)nc(N3CCCCC3)c12. The maximum Gasteiger partial charge on any atom is 0.142 e. The fraction of sp³-hybridized carbons (Fsp3) is 0.562. The first-order valence-corrected chi connectivity index (χ1v) is 7.58.